The maximum atomic E-state index is 12.6. The molecule has 5 rings (SSSR count). The van der Waals surface area contributed by atoms with Gasteiger partial charge < -0.3 is 16.4 Å². The molecule has 0 radical (unpaired) electrons. The average molecular weight is 538 g/mol. The molecule has 9 heteroatoms. The van der Waals surface area contributed by atoms with Crippen molar-refractivity contribution < 1.29 is 9.59 Å². The Kier molecular flexibility index (Phi) is 8.80. The first kappa shape index (κ1) is 27.1. The number of nitrogens with two attached hydrogens (primary N) is 1. The van der Waals surface area contributed by atoms with Crippen LogP contribution in [0.3, 0.4) is 0 Å². The number of benzene rings is 1. The lowest BCUT2D eigenvalue weighted by Gasteiger charge is -2.22. The third-order valence-electron chi connectivity index (χ3n) is 7.27. The van der Waals surface area contributed by atoms with Gasteiger partial charge in [0.25, 0.3) is 5.91 Å². The zero-order chi connectivity index (χ0) is 27.7. The van der Waals surface area contributed by atoms with Crippen LogP contribution in [0.5, 0.6) is 0 Å². The van der Waals surface area contributed by atoms with Crippen molar-refractivity contribution in [3.8, 4) is 11.3 Å². The normalized spacial score (nSPS) is 14.0. The van der Waals surface area contributed by atoms with Crippen LogP contribution in [-0.2, 0) is 4.79 Å². The van der Waals surface area contributed by atoms with E-state index in [4.69, 9.17) is 5.73 Å². The molecule has 4 aromatic rings. The Labute approximate surface area is 233 Å². The number of aromatic nitrogens is 4. The van der Waals surface area contributed by atoms with Gasteiger partial charge in [-0.15, -0.1) is 0 Å². The SMILES string of the molecule is Nc1ncc(/C=C/CCCCC(=O)NC2CCCCC2)c2n[nH]c(-c3ccc(C(=O)Nc4ccccn4)cc3)c12. The smallest absolute Gasteiger partial charge is 0.256 e. The Balaban J connectivity index is 1.18. The summed E-state index contributed by atoms with van der Waals surface area (Å²) in [7, 11) is 0. The minimum absolute atomic E-state index is 0.172. The van der Waals surface area contributed by atoms with Crippen LogP contribution in [-0.4, -0.2) is 38.0 Å². The molecule has 1 fully saturated rings. The summed E-state index contributed by atoms with van der Waals surface area (Å²) in [6.45, 7) is 0. The highest BCUT2D eigenvalue weighted by Gasteiger charge is 2.16. The number of pyridine rings is 2. The first-order chi connectivity index (χ1) is 19.6. The van der Waals surface area contributed by atoms with Crippen molar-refractivity contribution in [2.45, 2.75) is 63.8 Å². The van der Waals surface area contributed by atoms with Crippen LogP contribution in [0, 0.1) is 0 Å². The van der Waals surface area contributed by atoms with E-state index in [9.17, 15) is 9.59 Å². The predicted octanol–water partition coefficient (Wildman–Crippen LogP) is 5.88. The van der Waals surface area contributed by atoms with E-state index in [0.717, 1.165) is 59.8 Å². The number of rotatable bonds is 10. The molecule has 0 atom stereocenters. The number of amides is 2. The number of nitrogens with zero attached hydrogens (tertiary/aromatic N) is 3. The van der Waals surface area contributed by atoms with Gasteiger partial charge in [-0.25, -0.2) is 9.97 Å². The zero-order valence-corrected chi connectivity index (χ0v) is 22.5. The quantitative estimate of drug-likeness (QED) is 0.186. The average Bonchev–Trinajstić information content (AvgIpc) is 3.43. The van der Waals surface area contributed by atoms with Crippen molar-refractivity contribution in [3.63, 3.8) is 0 Å². The summed E-state index contributed by atoms with van der Waals surface area (Å²) >= 11 is 0. The minimum atomic E-state index is -0.238. The van der Waals surface area contributed by atoms with Gasteiger partial charge in [-0.1, -0.05) is 49.6 Å². The fourth-order valence-corrected chi connectivity index (χ4v) is 5.11. The number of hydrogen-bond donors (Lipinski definition) is 4. The largest absolute Gasteiger partial charge is 0.383 e. The molecule has 2 amide bonds. The number of H-pyrrole nitrogens is 1. The van der Waals surface area contributed by atoms with Crippen LogP contribution >= 0.6 is 0 Å². The molecule has 1 saturated carbocycles. The van der Waals surface area contributed by atoms with Crippen LogP contribution in [0.25, 0.3) is 28.2 Å². The van der Waals surface area contributed by atoms with Gasteiger partial charge in [0, 0.05) is 41.5 Å². The van der Waals surface area contributed by atoms with Gasteiger partial charge in [0.05, 0.1) is 11.1 Å². The Morgan fingerprint density at radius 3 is 2.62 bits per heavy atom. The van der Waals surface area contributed by atoms with Crippen molar-refractivity contribution in [2.24, 2.45) is 0 Å². The lowest BCUT2D eigenvalue weighted by Crippen LogP contribution is -2.35. The summed E-state index contributed by atoms with van der Waals surface area (Å²) in [6.07, 6.45) is 16.6. The van der Waals surface area contributed by atoms with E-state index in [-0.39, 0.29) is 11.8 Å². The van der Waals surface area contributed by atoms with E-state index in [1.165, 1.54) is 19.3 Å². The van der Waals surface area contributed by atoms with E-state index in [2.05, 4.69) is 36.9 Å². The number of aromatic amines is 1. The van der Waals surface area contributed by atoms with Gasteiger partial charge in [-0.3, -0.25) is 14.7 Å². The number of carbonyl (C=O) groups excluding carboxylic acids is 2. The Hall–Kier alpha value is -4.53. The number of nitrogen functional groups attached to an aromatic ring is 1. The van der Waals surface area contributed by atoms with E-state index in [0.29, 0.717) is 29.7 Å². The lowest BCUT2D eigenvalue weighted by atomic mass is 9.95. The third-order valence-corrected chi connectivity index (χ3v) is 7.27. The molecule has 40 heavy (non-hydrogen) atoms. The molecule has 0 bridgehead atoms. The number of carbonyl (C=O) groups is 2. The third kappa shape index (κ3) is 6.72. The van der Waals surface area contributed by atoms with Crippen molar-refractivity contribution >= 4 is 40.4 Å². The van der Waals surface area contributed by atoms with Gasteiger partial charge in [0.2, 0.25) is 5.91 Å². The van der Waals surface area contributed by atoms with E-state index in [1.54, 1.807) is 36.7 Å². The van der Waals surface area contributed by atoms with Crippen molar-refractivity contribution in [1.29, 1.82) is 0 Å². The number of hydrogen-bond acceptors (Lipinski definition) is 6. The van der Waals surface area contributed by atoms with Crippen LogP contribution in [0.15, 0.2) is 60.9 Å². The predicted molar refractivity (Wildman–Crippen MR) is 158 cm³/mol. The molecule has 1 aromatic carbocycles. The summed E-state index contributed by atoms with van der Waals surface area (Å²) in [5.74, 6) is 0.817. The second-order valence-electron chi connectivity index (χ2n) is 10.2. The summed E-state index contributed by atoms with van der Waals surface area (Å²) < 4.78 is 0. The molecule has 0 unspecified atom stereocenters. The molecular weight excluding hydrogens is 502 g/mol. The van der Waals surface area contributed by atoms with Crippen molar-refractivity contribution in [3.05, 3.63) is 72.1 Å². The molecule has 3 aromatic heterocycles. The first-order valence-corrected chi connectivity index (χ1v) is 14.0. The fraction of sp³-hybridized carbons (Fsp3) is 0.323. The molecule has 1 aliphatic rings. The monoisotopic (exact) mass is 537 g/mol. The van der Waals surface area contributed by atoms with Gasteiger partial charge >= 0.3 is 0 Å². The Morgan fingerprint density at radius 2 is 1.85 bits per heavy atom. The van der Waals surface area contributed by atoms with E-state index >= 15 is 0 Å². The molecular formula is C31H35N7O2. The zero-order valence-electron chi connectivity index (χ0n) is 22.5. The summed E-state index contributed by atoms with van der Waals surface area (Å²) in [5.41, 5.74) is 9.97. The van der Waals surface area contributed by atoms with Crippen LogP contribution < -0.4 is 16.4 Å². The van der Waals surface area contributed by atoms with Gasteiger partial charge in [0.15, 0.2) is 0 Å². The molecule has 1 aliphatic carbocycles. The second-order valence-corrected chi connectivity index (χ2v) is 10.2. The molecule has 206 valence electrons. The minimum Gasteiger partial charge on any atom is -0.383 e. The van der Waals surface area contributed by atoms with Crippen molar-refractivity contribution in [2.75, 3.05) is 11.1 Å². The van der Waals surface area contributed by atoms with E-state index < -0.39 is 0 Å². The lowest BCUT2D eigenvalue weighted by molar-refractivity contribution is -0.122. The molecule has 5 N–H and O–H groups in total. The fourth-order valence-electron chi connectivity index (χ4n) is 5.11. The topological polar surface area (TPSA) is 139 Å². The molecule has 3 heterocycles. The van der Waals surface area contributed by atoms with Gasteiger partial charge in [-0.05, 0) is 56.4 Å². The Morgan fingerprint density at radius 1 is 1.02 bits per heavy atom. The molecule has 0 saturated heterocycles. The van der Waals surface area contributed by atoms with Crippen molar-refractivity contribution in [1.82, 2.24) is 25.5 Å². The highest BCUT2D eigenvalue weighted by molar-refractivity contribution is 6.05. The number of unbranched alkanes of at least 4 members (excludes halogenated alkanes) is 2. The van der Waals surface area contributed by atoms with E-state index in [1.807, 2.05) is 24.3 Å². The number of fused-ring (bicyclic) bond motifs is 1. The second kappa shape index (κ2) is 13.0. The van der Waals surface area contributed by atoms with Crippen LogP contribution in [0.4, 0.5) is 11.6 Å². The number of anilines is 2. The summed E-state index contributed by atoms with van der Waals surface area (Å²) in [4.78, 5) is 33.3. The van der Waals surface area contributed by atoms with Crippen LogP contribution in [0.2, 0.25) is 0 Å². The summed E-state index contributed by atoms with van der Waals surface area (Å²) in [6, 6.07) is 12.9. The van der Waals surface area contributed by atoms with Gasteiger partial charge in [-0.2, -0.15) is 5.10 Å². The van der Waals surface area contributed by atoms with Crippen LogP contribution in [0.1, 0.15) is 73.7 Å². The first-order valence-electron chi connectivity index (χ1n) is 14.0. The van der Waals surface area contributed by atoms with Gasteiger partial charge in [0.1, 0.15) is 17.2 Å². The molecule has 0 aliphatic heterocycles. The molecule has 9 nitrogen and oxygen atoms in total. The maximum absolute atomic E-state index is 12.6. The summed E-state index contributed by atoms with van der Waals surface area (Å²) in [5, 5.41) is 14.3. The number of allylic oxidation sites excluding steroid dienone is 1. The standard InChI is InChI=1S/C31H35N7O2/c32-30-27-28(21-15-17-22(18-16-21)31(40)36-25-13-8-9-19-33-25)37-38-29(27)23(20-34-30)10-4-1-2-7-14-26(39)35-24-11-5-3-6-12-24/h4,8-10,13,15-20,24H,1-3,5-7,11-12,14H2,(H2,32,34)(H,35,39)(H,37,38)(H,33,36,40)/b10-4+. The molecule has 0 spiro atoms. The highest BCUT2D eigenvalue weighted by Crippen LogP contribution is 2.32. The number of nitrogens with one attached hydrogen (secondary N) is 3. The maximum Gasteiger partial charge on any atom is 0.256 e. The Bertz CT molecular complexity index is 1470. The highest BCUT2D eigenvalue weighted by atomic mass is 16.2.